The molecule has 9 heteroatoms. The number of aromatic nitrogens is 3. The van der Waals surface area contributed by atoms with E-state index in [1.54, 1.807) is 36.7 Å². The Bertz CT molecular complexity index is 1230. The Morgan fingerprint density at radius 3 is 2.55 bits per heavy atom. The first-order valence-electron chi connectivity index (χ1n) is 8.60. The maximum atomic E-state index is 12.7. The van der Waals surface area contributed by atoms with E-state index in [0.717, 1.165) is 5.56 Å². The maximum absolute atomic E-state index is 12.7. The summed E-state index contributed by atoms with van der Waals surface area (Å²) in [6.07, 6.45) is 3.57. The zero-order chi connectivity index (χ0) is 20.3. The third kappa shape index (κ3) is 4.44. The smallest absolute Gasteiger partial charge is 0.261 e. The van der Waals surface area contributed by atoms with Gasteiger partial charge in [-0.15, -0.1) is 0 Å². The molecule has 0 aliphatic heterocycles. The molecule has 0 atom stereocenters. The van der Waals surface area contributed by atoms with Crippen LogP contribution in [0.3, 0.4) is 0 Å². The summed E-state index contributed by atoms with van der Waals surface area (Å²) >= 11 is 5.84. The van der Waals surface area contributed by atoms with Crippen LogP contribution in [0.15, 0.2) is 82.5 Å². The minimum Gasteiger partial charge on any atom is -0.339 e. The lowest BCUT2D eigenvalue weighted by atomic mass is 10.1. The van der Waals surface area contributed by atoms with Crippen LogP contribution in [-0.4, -0.2) is 23.5 Å². The molecule has 0 saturated heterocycles. The summed E-state index contributed by atoms with van der Waals surface area (Å²) in [4.78, 5) is 8.53. The van der Waals surface area contributed by atoms with Crippen LogP contribution in [0, 0.1) is 0 Å². The van der Waals surface area contributed by atoms with Gasteiger partial charge in [0.1, 0.15) is 0 Å². The summed E-state index contributed by atoms with van der Waals surface area (Å²) in [6.45, 7) is 0. The van der Waals surface area contributed by atoms with E-state index in [1.165, 1.54) is 24.3 Å². The van der Waals surface area contributed by atoms with Crippen LogP contribution in [0.4, 0.5) is 5.69 Å². The van der Waals surface area contributed by atoms with Crippen molar-refractivity contribution in [1.82, 2.24) is 15.1 Å². The second-order valence-electron chi connectivity index (χ2n) is 6.15. The fourth-order valence-corrected chi connectivity index (χ4v) is 3.92. The molecule has 0 radical (unpaired) electrons. The van der Waals surface area contributed by atoms with E-state index in [1.807, 2.05) is 12.1 Å². The molecule has 0 saturated carbocycles. The number of benzene rings is 2. The normalized spacial score (nSPS) is 11.3. The summed E-state index contributed by atoms with van der Waals surface area (Å²) in [7, 11) is -3.77. The average Bonchev–Trinajstić information content (AvgIpc) is 3.19. The van der Waals surface area contributed by atoms with Gasteiger partial charge >= 0.3 is 0 Å². The highest BCUT2D eigenvalue weighted by atomic mass is 35.5. The monoisotopic (exact) mass is 426 g/mol. The first-order chi connectivity index (χ1) is 14.0. The van der Waals surface area contributed by atoms with Gasteiger partial charge in [0.05, 0.1) is 17.0 Å². The molecule has 0 amide bonds. The van der Waals surface area contributed by atoms with E-state index in [-0.39, 0.29) is 11.3 Å². The zero-order valence-corrected chi connectivity index (χ0v) is 16.6. The van der Waals surface area contributed by atoms with Crippen molar-refractivity contribution in [1.29, 1.82) is 0 Å². The summed E-state index contributed by atoms with van der Waals surface area (Å²) in [5.41, 5.74) is 1.87. The van der Waals surface area contributed by atoms with Crippen LogP contribution in [-0.2, 0) is 16.4 Å². The molecule has 4 aromatic rings. The number of halogens is 1. The van der Waals surface area contributed by atoms with Gasteiger partial charge in [0.15, 0.2) is 0 Å². The lowest BCUT2D eigenvalue weighted by Crippen LogP contribution is -2.14. The quantitative estimate of drug-likeness (QED) is 0.496. The number of nitrogens with one attached hydrogen (secondary N) is 1. The molecular weight excluding hydrogens is 412 g/mol. The van der Waals surface area contributed by atoms with Crippen molar-refractivity contribution in [3.63, 3.8) is 0 Å². The number of para-hydroxylation sites is 1. The summed E-state index contributed by atoms with van der Waals surface area (Å²) in [5, 5.41) is 4.43. The van der Waals surface area contributed by atoms with Crippen molar-refractivity contribution in [2.75, 3.05) is 4.72 Å². The minimum absolute atomic E-state index is 0.119. The Labute approximate surface area is 172 Å². The molecule has 146 valence electrons. The lowest BCUT2D eigenvalue weighted by molar-refractivity contribution is 0.386. The van der Waals surface area contributed by atoms with Gasteiger partial charge in [-0.2, -0.15) is 4.98 Å². The number of nitrogens with zero attached hydrogens (tertiary/aromatic N) is 3. The Hall–Kier alpha value is -3.23. The van der Waals surface area contributed by atoms with Gasteiger partial charge in [-0.3, -0.25) is 9.71 Å². The Morgan fingerprint density at radius 2 is 1.79 bits per heavy atom. The molecule has 1 N–H and O–H groups in total. The molecule has 2 aromatic carbocycles. The van der Waals surface area contributed by atoms with E-state index >= 15 is 0 Å². The minimum atomic E-state index is -3.77. The van der Waals surface area contributed by atoms with E-state index in [0.29, 0.717) is 28.0 Å². The fourth-order valence-electron chi connectivity index (χ4n) is 2.69. The van der Waals surface area contributed by atoms with E-state index in [9.17, 15) is 8.42 Å². The summed E-state index contributed by atoms with van der Waals surface area (Å²) < 4.78 is 33.3. The summed E-state index contributed by atoms with van der Waals surface area (Å²) in [5.74, 6) is 0.786. The number of hydrogen-bond donors (Lipinski definition) is 1. The molecule has 0 spiro atoms. The van der Waals surface area contributed by atoms with Gasteiger partial charge < -0.3 is 4.52 Å². The Balaban J connectivity index is 1.58. The van der Waals surface area contributed by atoms with E-state index in [4.69, 9.17) is 16.1 Å². The molecule has 0 unspecified atom stereocenters. The largest absolute Gasteiger partial charge is 0.339 e. The van der Waals surface area contributed by atoms with Gasteiger partial charge in [0.25, 0.3) is 10.0 Å². The molecule has 0 aliphatic carbocycles. The molecule has 0 fully saturated rings. The van der Waals surface area contributed by atoms with Crippen LogP contribution in [0.1, 0.15) is 11.5 Å². The molecule has 0 bridgehead atoms. The highest BCUT2D eigenvalue weighted by molar-refractivity contribution is 7.92. The second kappa shape index (κ2) is 8.02. The van der Waals surface area contributed by atoms with E-state index < -0.39 is 10.0 Å². The lowest BCUT2D eigenvalue weighted by Gasteiger charge is -2.11. The SMILES string of the molecule is O=S(=O)(Nc1ccccc1Cc1nc(-c2cccnc2)no1)c1ccc(Cl)cc1. The van der Waals surface area contributed by atoms with Crippen LogP contribution in [0.2, 0.25) is 5.02 Å². The van der Waals surface area contributed by atoms with Gasteiger partial charge in [-0.05, 0) is 48.0 Å². The molecule has 29 heavy (non-hydrogen) atoms. The molecule has 7 nitrogen and oxygen atoms in total. The Morgan fingerprint density at radius 1 is 1.00 bits per heavy atom. The number of pyridine rings is 1. The van der Waals surface area contributed by atoms with Crippen molar-refractivity contribution in [2.45, 2.75) is 11.3 Å². The number of hydrogen-bond acceptors (Lipinski definition) is 6. The molecule has 2 heterocycles. The third-order valence-corrected chi connectivity index (χ3v) is 5.75. The van der Waals surface area contributed by atoms with Gasteiger partial charge in [0, 0.05) is 23.0 Å². The van der Waals surface area contributed by atoms with Crippen molar-refractivity contribution in [2.24, 2.45) is 0 Å². The predicted molar refractivity (Wildman–Crippen MR) is 109 cm³/mol. The van der Waals surface area contributed by atoms with Gasteiger partial charge in [-0.1, -0.05) is 35.0 Å². The van der Waals surface area contributed by atoms with Crippen LogP contribution >= 0.6 is 11.6 Å². The van der Waals surface area contributed by atoms with Gasteiger partial charge in [0.2, 0.25) is 11.7 Å². The second-order valence-corrected chi connectivity index (χ2v) is 8.27. The zero-order valence-electron chi connectivity index (χ0n) is 15.0. The standard InChI is InChI=1S/C20H15ClN4O3S/c21-16-7-9-17(10-8-16)29(26,27)25-18-6-2-1-4-14(18)12-19-23-20(24-28-19)15-5-3-11-22-13-15/h1-11,13,25H,12H2. The summed E-state index contributed by atoms with van der Waals surface area (Å²) in [6, 6.07) is 16.6. The van der Waals surface area contributed by atoms with Crippen LogP contribution < -0.4 is 4.72 Å². The number of rotatable bonds is 6. The predicted octanol–water partition coefficient (Wildman–Crippen LogP) is 4.18. The van der Waals surface area contributed by atoms with Gasteiger partial charge in [-0.25, -0.2) is 8.42 Å². The molecule has 4 rings (SSSR count). The topological polar surface area (TPSA) is 98.0 Å². The highest BCUT2D eigenvalue weighted by Gasteiger charge is 2.17. The molecular formula is C20H15ClN4O3S. The fraction of sp³-hybridized carbons (Fsp3) is 0.0500. The maximum Gasteiger partial charge on any atom is 0.261 e. The highest BCUT2D eigenvalue weighted by Crippen LogP contribution is 2.24. The van der Waals surface area contributed by atoms with Crippen molar-refractivity contribution < 1.29 is 12.9 Å². The number of anilines is 1. The van der Waals surface area contributed by atoms with Crippen LogP contribution in [0.5, 0.6) is 0 Å². The first-order valence-corrected chi connectivity index (χ1v) is 10.5. The number of sulfonamides is 1. The van der Waals surface area contributed by atoms with Crippen molar-refractivity contribution >= 4 is 27.3 Å². The average molecular weight is 427 g/mol. The first kappa shape index (κ1) is 19.1. The van der Waals surface area contributed by atoms with E-state index in [2.05, 4.69) is 19.8 Å². The van der Waals surface area contributed by atoms with Crippen molar-refractivity contribution in [3.05, 3.63) is 89.5 Å². The Kier molecular flexibility index (Phi) is 5.28. The van der Waals surface area contributed by atoms with Crippen LogP contribution in [0.25, 0.3) is 11.4 Å². The molecule has 0 aliphatic rings. The molecule has 2 aromatic heterocycles. The third-order valence-electron chi connectivity index (χ3n) is 4.12. The van der Waals surface area contributed by atoms with Crippen molar-refractivity contribution in [3.8, 4) is 11.4 Å².